The van der Waals surface area contributed by atoms with Gasteiger partial charge in [-0.05, 0) is 17.2 Å². The normalized spacial score (nSPS) is 10.9. The van der Waals surface area contributed by atoms with Crippen molar-refractivity contribution >= 4 is 11.6 Å². The average Bonchev–Trinajstić information content (AvgIpc) is 2.41. The van der Waals surface area contributed by atoms with Crippen LogP contribution in [0.5, 0.6) is 0 Å². The van der Waals surface area contributed by atoms with Gasteiger partial charge in [-0.1, -0.05) is 54.1 Å². The molecule has 19 heavy (non-hydrogen) atoms. The van der Waals surface area contributed by atoms with Crippen LogP contribution in [-0.4, -0.2) is 0 Å². The van der Waals surface area contributed by atoms with E-state index in [1.54, 1.807) is 12.1 Å². The summed E-state index contributed by atoms with van der Waals surface area (Å²) in [5.74, 6) is 0. The van der Waals surface area contributed by atoms with Gasteiger partial charge in [-0.25, -0.2) is 8.78 Å². The summed E-state index contributed by atoms with van der Waals surface area (Å²) in [4.78, 5) is 0. The molecule has 0 bridgehead atoms. The first kappa shape index (κ1) is 14.0. The van der Waals surface area contributed by atoms with Crippen molar-refractivity contribution in [1.82, 2.24) is 5.32 Å². The number of hydrogen-bond acceptors (Lipinski definition) is 1. The van der Waals surface area contributed by atoms with Crippen LogP contribution in [0.3, 0.4) is 0 Å². The molecule has 2 rings (SSSR count). The third-order valence-electron chi connectivity index (χ3n) is 2.83. The average molecular weight is 282 g/mol. The summed E-state index contributed by atoms with van der Waals surface area (Å²) in [5.41, 5.74) is 2.04. The smallest absolute Gasteiger partial charge is 0.263 e. The van der Waals surface area contributed by atoms with Crippen LogP contribution < -0.4 is 5.32 Å². The van der Waals surface area contributed by atoms with E-state index in [2.05, 4.69) is 5.32 Å². The molecular formula is C15H14ClF2N. The van der Waals surface area contributed by atoms with Gasteiger partial charge >= 0.3 is 0 Å². The summed E-state index contributed by atoms with van der Waals surface area (Å²) >= 11 is 6.04. The van der Waals surface area contributed by atoms with Gasteiger partial charge < -0.3 is 5.32 Å². The second-order valence-corrected chi connectivity index (χ2v) is 4.64. The molecule has 0 aliphatic heterocycles. The number of benzene rings is 2. The lowest BCUT2D eigenvalue weighted by Gasteiger charge is -2.07. The standard InChI is InChI=1S/C15H14ClF2N/c16-14-4-2-1-3-13(14)10-19-9-11-5-7-12(8-6-11)15(17)18/h1-8,15,19H,9-10H2. The maximum atomic E-state index is 12.4. The fourth-order valence-corrected chi connectivity index (χ4v) is 1.97. The monoisotopic (exact) mass is 281 g/mol. The SMILES string of the molecule is FC(F)c1ccc(CNCc2ccccc2Cl)cc1. The minimum atomic E-state index is -2.41. The molecular weight excluding hydrogens is 268 g/mol. The molecule has 0 radical (unpaired) electrons. The second kappa shape index (κ2) is 6.64. The maximum absolute atomic E-state index is 12.4. The van der Waals surface area contributed by atoms with Crippen LogP contribution in [0, 0.1) is 0 Å². The lowest BCUT2D eigenvalue weighted by molar-refractivity contribution is 0.151. The molecule has 0 aliphatic rings. The topological polar surface area (TPSA) is 12.0 Å². The number of alkyl halides is 2. The Labute approximate surface area is 116 Å². The Morgan fingerprint density at radius 3 is 2.26 bits per heavy atom. The summed E-state index contributed by atoms with van der Waals surface area (Å²) in [6, 6.07) is 13.9. The van der Waals surface area contributed by atoms with Crippen LogP contribution in [0.25, 0.3) is 0 Å². The van der Waals surface area contributed by atoms with E-state index in [-0.39, 0.29) is 5.56 Å². The molecule has 0 heterocycles. The molecule has 1 nitrogen and oxygen atoms in total. The van der Waals surface area contributed by atoms with Crippen molar-refractivity contribution < 1.29 is 8.78 Å². The third-order valence-corrected chi connectivity index (χ3v) is 3.20. The van der Waals surface area contributed by atoms with Crippen molar-refractivity contribution in [3.05, 3.63) is 70.2 Å². The predicted molar refractivity (Wildman–Crippen MR) is 73.4 cm³/mol. The molecule has 0 spiro atoms. The van der Waals surface area contributed by atoms with E-state index in [1.807, 2.05) is 24.3 Å². The Morgan fingerprint density at radius 1 is 0.947 bits per heavy atom. The highest BCUT2D eigenvalue weighted by atomic mass is 35.5. The van der Waals surface area contributed by atoms with Crippen LogP contribution in [0.4, 0.5) is 8.78 Å². The van der Waals surface area contributed by atoms with E-state index >= 15 is 0 Å². The number of halogens is 3. The summed E-state index contributed by atoms with van der Waals surface area (Å²) in [6.45, 7) is 1.27. The van der Waals surface area contributed by atoms with E-state index in [0.29, 0.717) is 13.1 Å². The van der Waals surface area contributed by atoms with E-state index in [9.17, 15) is 8.78 Å². The van der Waals surface area contributed by atoms with Crippen molar-refractivity contribution in [2.24, 2.45) is 0 Å². The Bertz CT molecular complexity index is 526. The zero-order valence-electron chi connectivity index (χ0n) is 10.2. The molecule has 0 amide bonds. The highest BCUT2D eigenvalue weighted by molar-refractivity contribution is 6.31. The van der Waals surface area contributed by atoms with E-state index in [4.69, 9.17) is 11.6 Å². The first-order valence-electron chi connectivity index (χ1n) is 5.98. The zero-order chi connectivity index (χ0) is 13.7. The largest absolute Gasteiger partial charge is 0.309 e. The molecule has 0 aromatic heterocycles. The van der Waals surface area contributed by atoms with Gasteiger partial charge in [0.25, 0.3) is 6.43 Å². The zero-order valence-corrected chi connectivity index (χ0v) is 11.0. The van der Waals surface area contributed by atoms with Gasteiger partial charge in [0.1, 0.15) is 0 Å². The summed E-state index contributed by atoms with van der Waals surface area (Å²) < 4.78 is 24.8. The minimum absolute atomic E-state index is 0.0508. The van der Waals surface area contributed by atoms with Crippen LogP contribution in [0.1, 0.15) is 23.1 Å². The minimum Gasteiger partial charge on any atom is -0.309 e. The van der Waals surface area contributed by atoms with Crippen molar-refractivity contribution in [3.63, 3.8) is 0 Å². The number of nitrogens with one attached hydrogen (secondary N) is 1. The van der Waals surface area contributed by atoms with Crippen molar-refractivity contribution in [3.8, 4) is 0 Å². The Kier molecular flexibility index (Phi) is 4.88. The number of hydrogen-bond donors (Lipinski definition) is 1. The van der Waals surface area contributed by atoms with Gasteiger partial charge in [0.2, 0.25) is 0 Å². The lowest BCUT2D eigenvalue weighted by Crippen LogP contribution is -2.12. The van der Waals surface area contributed by atoms with Crippen molar-refractivity contribution in [1.29, 1.82) is 0 Å². The van der Waals surface area contributed by atoms with Crippen LogP contribution >= 0.6 is 11.6 Å². The molecule has 0 aliphatic carbocycles. The first-order valence-corrected chi connectivity index (χ1v) is 6.35. The summed E-state index contributed by atoms with van der Waals surface area (Å²) in [7, 11) is 0. The van der Waals surface area contributed by atoms with Gasteiger partial charge in [0.05, 0.1) is 0 Å². The molecule has 2 aromatic rings. The Hall–Kier alpha value is -1.45. The molecule has 0 unspecified atom stereocenters. The molecule has 0 atom stereocenters. The molecule has 0 saturated heterocycles. The summed E-state index contributed by atoms with van der Waals surface area (Å²) in [5, 5.41) is 3.96. The van der Waals surface area contributed by atoms with E-state index < -0.39 is 6.43 Å². The highest BCUT2D eigenvalue weighted by Gasteiger charge is 2.05. The van der Waals surface area contributed by atoms with Crippen LogP contribution in [0.2, 0.25) is 5.02 Å². The van der Waals surface area contributed by atoms with Crippen LogP contribution in [0.15, 0.2) is 48.5 Å². The fourth-order valence-electron chi connectivity index (χ4n) is 1.76. The molecule has 2 aromatic carbocycles. The van der Waals surface area contributed by atoms with Gasteiger partial charge in [-0.15, -0.1) is 0 Å². The van der Waals surface area contributed by atoms with Gasteiger partial charge in [-0.3, -0.25) is 0 Å². The highest BCUT2D eigenvalue weighted by Crippen LogP contribution is 2.19. The predicted octanol–water partition coefficient (Wildman–Crippen LogP) is 4.57. The Balaban J connectivity index is 1.87. The summed E-state index contributed by atoms with van der Waals surface area (Å²) in [6.07, 6.45) is -2.41. The van der Waals surface area contributed by atoms with Gasteiger partial charge in [0, 0.05) is 23.7 Å². The molecule has 100 valence electrons. The second-order valence-electron chi connectivity index (χ2n) is 4.24. The molecule has 4 heteroatoms. The van der Waals surface area contributed by atoms with Crippen molar-refractivity contribution in [2.75, 3.05) is 0 Å². The van der Waals surface area contributed by atoms with E-state index in [0.717, 1.165) is 16.1 Å². The van der Waals surface area contributed by atoms with E-state index in [1.165, 1.54) is 12.1 Å². The van der Waals surface area contributed by atoms with Gasteiger partial charge in [0.15, 0.2) is 0 Å². The maximum Gasteiger partial charge on any atom is 0.263 e. The molecule has 0 fully saturated rings. The van der Waals surface area contributed by atoms with Gasteiger partial charge in [-0.2, -0.15) is 0 Å². The van der Waals surface area contributed by atoms with Crippen LogP contribution in [-0.2, 0) is 13.1 Å². The quantitative estimate of drug-likeness (QED) is 0.847. The molecule has 0 saturated carbocycles. The van der Waals surface area contributed by atoms with Crippen molar-refractivity contribution in [2.45, 2.75) is 19.5 Å². The molecule has 1 N–H and O–H groups in total. The Morgan fingerprint density at radius 2 is 1.63 bits per heavy atom. The first-order chi connectivity index (χ1) is 9.16. The fraction of sp³-hybridized carbons (Fsp3) is 0.200. The third kappa shape index (κ3) is 4.01. The lowest BCUT2D eigenvalue weighted by atomic mass is 10.1. The number of rotatable bonds is 5.